The number of benzene rings is 4. The van der Waals surface area contributed by atoms with Crippen molar-refractivity contribution >= 4 is 73.9 Å². The first kappa shape index (κ1) is 37.0. The number of rotatable bonds is 12. The fraction of sp³-hybridized carbons (Fsp3) is 0.297. The molecule has 4 aromatic rings. The third-order valence-electron chi connectivity index (χ3n) is 8.60. The van der Waals surface area contributed by atoms with Gasteiger partial charge in [-0.15, -0.1) is 0 Å². The van der Waals surface area contributed by atoms with Gasteiger partial charge >= 0.3 is 0 Å². The van der Waals surface area contributed by atoms with Crippen LogP contribution in [0.25, 0.3) is 0 Å². The van der Waals surface area contributed by atoms with Crippen LogP contribution in [-0.2, 0) is 32.6 Å². The average molecular weight is 762 g/mol. The summed E-state index contributed by atoms with van der Waals surface area (Å²) >= 11 is 25.5. The summed E-state index contributed by atoms with van der Waals surface area (Å²) in [5, 5.41) is 4.30. The van der Waals surface area contributed by atoms with Gasteiger partial charge in [-0.05, 0) is 73.4 Å². The van der Waals surface area contributed by atoms with Crippen molar-refractivity contribution in [2.75, 3.05) is 10.8 Å². The van der Waals surface area contributed by atoms with Crippen molar-refractivity contribution in [1.82, 2.24) is 10.2 Å². The smallest absolute Gasteiger partial charge is 0.264 e. The van der Waals surface area contributed by atoms with Gasteiger partial charge in [0.05, 0.1) is 10.6 Å². The van der Waals surface area contributed by atoms with E-state index in [0.717, 1.165) is 47.5 Å². The van der Waals surface area contributed by atoms with Gasteiger partial charge in [-0.1, -0.05) is 120 Å². The van der Waals surface area contributed by atoms with E-state index in [4.69, 9.17) is 46.4 Å². The maximum absolute atomic E-state index is 14.7. The molecular weight excluding hydrogens is 724 g/mol. The van der Waals surface area contributed by atoms with E-state index in [0.29, 0.717) is 15.6 Å². The van der Waals surface area contributed by atoms with Crippen molar-refractivity contribution in [1.29, 1.82) is 0 Å². The number of anilines is 1. The van der Waals surface area contributed by atoms with E-state index in [2.05, 4.69) is 5.32 Å². The molecular formula is C37H37Cl4N3O4S. The molecule has 0 unspecified atom stereocenters. The Morgan fingerprint density at radius 1 is 0.816 bits per heavy atom. The molecule has 7 nitrogen and oxygen atoms in total. The average Bonchev–Trinajstić information content (AvgIpc) is 3.06. The van der Waals surface area contributed by atoms with Crippen LogP contribution in [0.4, 0.5) is 5.69 Å². The zero-order valence-corrected chi connectivity index (χ0v) is 30.8. The van der Waals surface area contributed by atoms with E-state index in [9.17, 15) is 18.0 Å². The van der Waals surface area contributed by atoms with E-state index in [-0.39, 0.29) is 45.5 Å². The minimum absolute atomic E-state index is 0.0230. The summed E-state index contributed by atoms with van der Waals surface area (Å²) in [7, 11) is -4.32. The lowest BCUT2D eigenvalue weighted by Gasteiger charge is -2.35. The summed E-state index contributed by atoms with van der Waals surface area (Å²) in [6.45, 7) is 1.11. The van der Waals surface area contributed by atoms with Gasteiger partial charge in [0.25, 0.3) is 10.0 Å². The second-order valence-electron chi connectivity index (χ2n) is 12.3. The van der Waals surface area contributed by atoms with E-state index in [1.165, 1.54) is 35.2 Å². The monoisotopic (exact) mass is 759 g/mol. The highest BCUT2D eigenvalue weighted by atomic mass is 35.5. The highest BCUT2D eigenvalue weighted by Crippen LogP contribution is 2.31. The third kappa shape index (κ3) is 9.71. The van der Waals surface area contributed by atoms with E-state index in [1.807, 2.05) is 37.3 Å². The second-order valence-corrected chi connectivity index (χ2v) is 15.8. The Kier molecular flexibility index (Phi) is 12.6. The van der Waals surface area contributed by atoms with Crippen molar-refractivity contribution in [3.05, 3.63) is 128 Å². The molecule has 4 aromatic carbocycles. The van der Waals surface area contributed by atoms with Crippen LogP contribution in [0, 0.1) is 6.92 Å². The van der Waals surface area contributed by atoms with E-state index >= 15 is 0 Å². The summed E-state index contributed by atoms with van der Waals surface area (Å²) in [6.07, 6.45) is 5.00. The number of amides is 2. The zero-order chi connectivity index (χ0) is 35.1. The summed E-state index contributed by atoms with van der Waals surface area (Å²) in [5.41, 5.74) is 2.34. The van der Waals surface area contributed by atoms with Crippen LogP contribution in [0.5, 0.6) is 0 Å². The summed E-state index contributed by atoms with van der Waals surface area (Å²) in [5.74, 6) is -0.953. The highest BCUT2D eigenvalue weighted by molar-refractivity contribution is 7.92. The van der Waals surface area contributed by atoms with Crippen LogP contribution < -0.4 is 9.62 Å². The van der Waals surface area contributed by atoms with E-state index in [1.54, 1.807) is 30.3 Å². The van der Waals surface area contributed by atoms with Gasteiger partial charge in [-0.25, -0.2) is 8.42 Å². The van der Waals surface area contributed by atoms with Crippen molar-refractivity contribution in [3.63, 3.8) is 0 Å². The Balaban J connectivity index is 1.60. The Morgan fingerprint density at radius 3 is 2.10 bits per heavy atom. The number of carbonyl (C=O) groups excluding carboxylic acids is 2. The van der Waals surface area contributed by atoms with Gasteiger partial charge in [0.15, 0.2) is 0 Å². The number of sulfonamides is 1. The lowest BCUT2D eigenvalue weighted by atomic mass is 9.94. The van der Waals surface area contributed by atoms with Gasteiger partial charge in [0.2, 0.25) is 11.8 Å². The molecule has 1 saturated carbocycles. The summed E-state index contributed by atoms with van der Waals surface area (Å²) in [4.78, 5) is 30.4. The normalized spacial score (nSPS) is 14.2. The number of hydrogen-bond acceptors (Lipinski definition) is 4. The van der Waals surface area contributed by atoms with Crippen LogP contribution in [0.3, 0.4) is 0 Å². The number of halogens is 4. The number of nitrogens with zero attached hydrogens (tertiary/aromatic N) is 2. The number of carbonyl (C=O) groups is 2. The molecule has 49 heavy (non-hydrogen) atoms. The standard InChI is InChI=1S/C37H37Cl4N3O4S/c1-25-12-16-33(17-13-25)49(47,48)44(32-20-29(39)19-30(40)21-32)24-36(45)43(23-27-14-15-28(38)22-34(27)41)35(18-26-8-4-2-5-9-26)37(46)42-31-10-6-3-7-11-31/h2,4-5,8-9,12-17,19-22,31,35H,3,6-7,10-11,18,23-24H2,1H3,(H,42,46)/t35-/m1/s1. The molecule has 1 N–H and O–H groups in total. The molecule has 1 aliphatic carbocycles. The molecule has 0 bridgehead atoms. The largest absolute Gasteiger partial charge is 0.352 e. The van der Waals surface area contributed by atoms with Gasteiger partial charge in [0.1, 0.15) is 12.6 Å². The van der Waals surface area contributed by atoms with Gasteiger partial charge in [-0.2, -0.15) is 0 Å². The minimum Gasteiger partial charge on any atom is -0.352 e. The molecule has 12 heteroatoms. The predicted molar refractivity (Wildman–Crippen MR) is 198 cm³/mol. The molecule has 0 saturated heterocycles. The predicted octanol–water partition coefficient (Wildman–Crippen LogP) is 8.89. The molecule has 0 spiro atoms. The van der Waals surface area contributed by atoms with Crippen LogP contribution >= 0.6 is 46.4 Å². The van der Waals surface area contributed by atoms with Crippen LogP contribution in [0.15, 0.2) is 95.9 Å². The van der Waals surface area contributed by atoms with Crippen molar-refractivity contribution in [2.45, 2.75) is 69.0 Å². The highest BCUT2D eigenvalue weighted by Gasteiger charge is 2.36. The maximum Gasteiger partial charge on any atom is 0.264 e. The van der Waals surface area contributed by atoms with Crippen LogP contribution in [-0.4, -0.2) is 43.8 Å². The number of nitrogens with one attached hydrogen (secondary N) is 1. The Labute approximate surface area is 308 Å². The molecule has 2 amide bonds. The Morgan fingerprint density at radius 2 is 1.47 bits per heavy atom. The fourth-order valence-electron chi connectivity index (χ4n) is 5.98. The van der Waals surface area contributed by atoms with Gasteiger partial charge < -0.3 is 10.2 Å². The number of aryl methyl sites for hydroxylation is 1. The lowest BCUT2D eigenvalue weighted by Crippen LogP contribution is -2.55. The summed E-state index contributed by atoms with van der Waals surface area (Å²) < 4.78 is 29.6. The van der Waals surface area contributed by atoms with Crippen LogP contribution in [0.2, 0.25) is 20.1 Å². The topological polar surface area (TPSA) is 86.8 Å². The molecule has 1 atom stereocenters. The first-order valence-electron chi connectivity index (χ1n) is 16.0. The Hall–Kier alpha value is -3.27. The fourth-order valence-corrected chi connectivity index (χ4v) is 8.36. The van der Waals surface area contributed by atoms with Gasteiger partial charge in [-0.3, -0.25) is 13.9 Å². The molecule has 0 aliphatic heterocycles. The minimum atomic E-state index is -4.32. The molecule has 0 radical (unpaired) electrons. The first-order valence-corrected chi connectivity index (χ1v) is 19.0. The zero-order valence-electron chi connectivity index (χ0n) is 26.9. The van der Waals surface area contributed by atoms with Crippen molar-refractivity contribution in [3.8, 4) is 0 Å². The Bertz CT molecular complexity index is 1870. The maximum atomic E-state index is 14.7. The van der Waals surface area contributed by atoms with E-state index < -0.39 is 28.5 Å². The second kappa shape index (κ2) is 16.6. The molecule has 1 aliphatic rings. The molecule has 258 valence electrons. The molecule has 0 aromatic heterocycles. The lowest BCUT2D eigenvalue weighted by molar-refractivity contribution is -0.140. The first-order chi connectivity index (χ1) is 23.4. The summed E-state index contributed by atoms with van der Waals surface area (Å²) in [6, 6.07) is 23.9. The molecule has 5 rings (SSSR count). The van der Waals surface area contributed by atoms with Gasteiger partial charge in [0, 0.05) is 39.1 Å². The van der Waals surface area contributed by atoms with Crippen LogP contribution in [0.1, 0.15) is 48.8 Å². The third-order valence-corrected chi connectivity index (χ3v) is 11.4. The number of hydrogen-bond donors (Lipinski definition) is 1. The quantitative estimate of drug-likeness (QED) is 0.156. The van der Waals surface area contributed by atoms with Crippen molar-refractivity contribution < 1.29 is 18.0 Å². The van der Waals surface area contributed by atoms with Crippen molar-refractivity contribution in [2.24, 2.45) is 0 Å². The molecule has 0 heterocycles. The molecule has 1 fully saturated rings. The SMILES string of the molecule is Cc1ccc(S(=O)(=O)N(CC(=O)N(Cc2ccc(Cl)cc2Cl)[C@H](Cc2ccccc2)C(=O)NC2CCCCC2)c2cc(Cl)cc(Cl)c2)cc1.